The second kappa shape index (κ2) is 7.27. The second-order valence-electron chi connectivity index (χ2n) is 6.01. The summed E-state index contributed by atoms with van der Waals surface area (Å²) >= 11 is 6.47. The molecule has 0 aliphatic heterocycles. The van der Waals surface area contributed by atoms with Crippen LogP contribution in [0.3, 0.4) is 0 Å². The molecule has 0 saturated heterocycles. The minimum atomic E-state index is -0.351. The Labute approximate surface area is 160 Å². The first kappa shape index (κ1) is 18.1. The zero-order valence-corrected chi connectivity index (χ0v) is 16.3. The summed E-state index contributed by atoms with van der Waals surface area (Å²) in [5, 5.41) is 4.12. The molecule has 0 atom stereocenters. The van der Waals surface area contributed by atoms with E-state index in [1.54, 1.807) is 0 Å². The van der Waals surface area contributed by atoms with E-state index in [9.17, 15) is 4.79 Å². The van der Waals surface area contributed by atoms with Gasteiger partial charge in [0.15, 0.2) is 5.11 Å². The van der Waals surface area contributed by atoms with Crippen molar-refractivity contribution in [2.75, 3.05) is 11.1 Å². The molecule has 26 heavy (non-hydrogen) atoms. The van der Waals surface area contributed by atoms with Crippen molar-refractivity contribution in [3.05, 3.63) is 52.0 Å². The van der Waals surface area contributed by atoms with Crippen molar-refractivity contribution < 1.29 is 4.79 Å². The number of fused-ring (bicyclic) bond motifs is 1. The molecule has 1 amide bonds. The van der Waals surface area contributed by atoms with Gasteiger partial charge in [-0.3, -0.25) is 15.6 Å². The number of aromatic nitrogens is 1. The van der Waals surface area contributed by atoms with Gasteiger partial charge in [-0.05, 0) is 62.3 Å². The highest BCUT2D eigenvalue weighted by molar-refractivity contribution is 7.80. The van der Waals surface area contributed by atoms with Gasteiger partial charge in [0.05, 0.1) is 5.69 Å². The minimum Gasteiger partial charge on any atom is -0.397 e. The Balaban J connectivity index is 1.70. The van der Waals surface area contributed by atoms with Gasteiger partial charge in [-0.2, -0.15) is 0 Å². The molecule has 2 aromatic heterocycles. The number of carbonyl (C=O) groups excluding carboxylic acids is 1. The molecule has 0 radical (unpaired) electrons. The van der Waals surface area contributed by atoms with E-state index < -0.39 is 0 Å². The summed E-state index contributed by atoms with van der Waals surface area (Å²) in [7, 11) is 0. The highest BCUT2D eigenvalue weighted by atomic mass is 32.1. The maximum absolute atomic E-state index is 12.5. The zero-order chi connectivity index (χ0) is 18.8. The van der Waals surface area contributed by atoms with E-state index in [0.717, 1.165) is 32.7 Å². The van der Waals surface area contributed by atoms with Gasteiger partial charge >= 0.3 is 0 Å². The molecule has 0 aliphatic carbocycles. The fourth-order valence-electron chi connectivity index (χ4n) is 2.69. The predicted octanol–water partition coefficient (Wildman–Crippen LogP) is 3.44. The van der Waals surface area contributed by atoms with Gasteiger partial charge in [0, 0.05) is 16.8 Å². The number of benzene rings is 1. The van der Waals surface area contributed by atoms with Gasteiger partial charge in [0.1, 0.15) is 9.71 Å². The van der Waals surface area contributed by atoms with Crippen LogP contribution >= 0.6 is 23.6 Å². The molecular weight excluding hydrogens is 366 g/mol. The number of thiophene rings is 1. The molecule has 3 aromatic rings. The number of pyridine rings is 1. The molecule has 3 rings (SSSR count). The van der Waals surface area contributed by atoms with E-state index in [1.807, 2.05) is 51.1 Å². The highest BCUT2D eigenvalue weighted by Crippen LogP contribution is 2.34. The summed E-state index contributed by atoms with van der Waals surface area (Å²) in [6.45, 7) is 5.87. The fraction of sp³-hybridized carbons (Fsp3) is 0.167. The summed E-state index contributed by atoms with van der Waals surface area (Å²) in [5.74, 6) is -0.351. The van der Waals surface area contributed by atoms with Gasteiger partial charge in [-0.1, -0.05) is 12.1 Å². The van der Waals surface area contributed by atoms with Crippen molar-refractivity contribution in [3.8, 4) is 0 Å². The van der Waals surface area contributed by atoms with Gasteiger partial charge in [0.2, 0.25) is 0 Å². The number of hydrogen-bond acceptors (Lipinski definition) is 5. The van der Waals surface area contributed by atoms with E-state index in [2.05, 4.69) is 21.2 Å². The Hall–Kier alpha value is -2.71. The van der Waals surface area contributed by atoms with Crippen LogP contribution in [0.5, 0.6) is 0 Å². The maximum atomic E-state index is 12.5. The Morgan fingerprint density at radius 3 is 2.69 bits per heavy atom. The lowest BCUT2D eigenvalue weighted by Gasteiger charge is -2.11. The van der Waals surface area contributed by atoms with Crippen LogP contribution in [0.2, 0.25) is 0 Å². The number of nitrogen functional groups attached to an aromatic ring is 1. The number of nitrogens with two attached hydrogens (primary N) is 1. The Morgan fingerprint density at radius 2 is 1.96 bits per heavy atom. The van der Waals surface area contributed by atoms with Crippen LogP contribution < -0.4 is 21.9 Å². The molecule has 6 nitrogen and oxygen atoms in total. The summed E-state index contributed by atoms with van der Waals surface area (Å²) in [6, 6.07) is 9.71. The van der Waals surface area contributed by atoms with Gasteiger partial charge in [-0.15, -0.1) is 11.3 Å². The number of carbonyl (C=O) groups is 1. The van der Waals surface area contributed by atoms with Gasteiger partial charge < -0.3 is 11.1 Å². The van der Waals surface area contributed by atoms with Gasteiger partial charge in [-0.25, -0.2) is 4.98 Å². The number of hydrogen-bond donors (Lipinski definition) is 4. The molecule has 1 aromatic carbocycles. The predicted molar refractivity (Wildman–Crippen MR) is 112 cm³/mol. The molecule has 5 N–H and O–H groups in total. The quantitative estimate of drug-likeness (QED) is 0.399. The van der Waals surface area contributed by atoms with E-state index in [0.29, 0.717) is 10.6 Å². The Kier molecular flexibility index (Phi) is 5.06. The molecule has 0 spiro atoms. The lowest BCUT2D eigenvalue weighted by atomic mass is 10.1. The first-order chi connectivity index (χ1) is 12.3. The number of amides is 1. The third-order valence-electron chi connectivity index (χ3n) is 3.80. The smallest absolute Gasteiger partial charge is 0.281 e. The lowest BCUT2D eigenvalue weighted by molar-refractivity contribution is 0.0949. The van der Waals surface area contributed by atoms with Crippen LogP contribution in [0, 0.1) is 20.8 Å². The summed E-state index contributed by atoms with van der Waals surface area (Å²) in [5.41, 5.74) is 15.7. The van der Waals surface area contributed by atoms with Crippen molar-refractivity contribution in [3.63, 3.8) is 0 Å². The van der Waals surface area contributed by atoms with Crippen LogP contribution in [0.15, 0.2) is 30.3 Å². The van der Waals surface area contributed by atoms with Crippen molar-refractivity contribution in [2.24, 2.45) is 0 Å². The van der Waals surface area contributed by atoms with Gasteiger partial charge in [0.25, 0.3) is 5.91 Å². The number of nitrogens with one attached hydrogen (secondary N) is 3. The average molecular weight is 386 g/mol. The minimum absolute atomic E-state index is 0.286. The lowest BCUT2D eigenvalue weighted by Crippen LogP contribution is -2.43. The second-order valence-corrected chi connectivity index (χ2v) is 7.42. The topological polar surface area (TPSA) is 92.1 Å². The summed E-state index contributed by atoms with van der Waals surface area (Å²) < 4.78 is 0. The summed E-state index contributed by atoms with van der Waals surface area (Å²) in [6.07, 6.45) is 0. The third kappa shape index (κ3) is 3.76. The van der Waals surface area contributed by atoms with Crippen LogP contribution in [0.25, 0.3) is 10.2 Å². The molecule has 0 aliphatic rings. The normalized spacial score (nSPS) is 10.6. The van der Waals surface area contributed by atoms with E-state index in [4.69, 9.17) is 18.0 Å². The molecule has 134 valence electrons. The zero-order valence-electron chi connectivity index (χ0n) is 14.6. The molecular formula is C18H19N5OS2. The van der Waals surface area contributed by atoms with E-state index in [-0.39, 0.29) is 11.0 Å². The molecule has 0 bridgehead atoms. The number of aryl methyl sites for hydroxylation is 3. The molecule has 0 fully saturated rings. The monoisotopic (exact) mass is 385 g/mol. The average Bonchev–Trinajstić information content (AvgIpc) is 2.89. The Bertz CT molecular complexity index is 1010. The number of hydrazine groups is 1. The SMILES string of the molecule is Cc1cccc(NC(=S)NNC(=O)c2sc3nc(C)cc(C)c3c2N)c1. The van der Waals surface area contributed by atoms with Crippen molar-refractivity contribution >= 4 is 56.2 Å². The summed E-state index contributed by atoms with van der Waals surface area (Å²) in [4.78, 5) is 18.1. The van der Waals surface area contributed by atoms with Crippen molar-refractivity contribution in [1.82, 2.24) is 15.8 Å². The number of nitrogens with zero attached hydrogens (tertiary/aromatic N) is 1. The van der Waals surface area contributed by atoms with E-state index in [1.165, 1.54) is 11.3 Å². The van der Waals surface area contributed by atoms with Crippen molar-refractivity contribution in [2.45, 2.75) is 20.8 Å². The fourth-order valence-corrected chi connectivity index (χ4v) is 3.97. The van der Waals surface area contributed by atoms with Crippen LogP contribution in [-0.2, 0) is 0 Å². The third-order valence-corrected chi connectivity index (χ3v) is 5.10. The first-order valence-electron chi connectivity index (χ1n) is 7.95. The van der Waals surface area contributed by atoms with Crippen molar-refractivity contribution in [1.29, 1.82) is 0 Å². The number of anilines is 2. The largest absolute Gasteiger partial charge is 0.397 e. The highest BCUT2D eigenvalue weighted by Gasteiger charge is 2.19. The molecule has 2 heterocycles. The standard InChI is InChI=1S/C18H19N5OS2/c1-9-5-4-6-12(7-9)21-18(25)23-22-16(24)15-14(19)13-10(2)8-11(3)20-17(13)26-15/h4-8H,19H2,1-3H3,(H,22,24)(H2,21,23,25). The number of rotatable bonds is 2. The number of thiocarbonyl (C=S) groups is 1. The van der Waals surface area contributed by atoms with E-state index >= 15 is 0 Å². The Morgan fingerprint density at radius 1 is 1.19 bits per heavy atom. The van der Waals surface area contributed by atoms with Crippen LogP contribution in [0.4, 0.5) is 11.4 Å². The molecule has 0 saturated carbocycles. The molecule has 8 heteroatoms. The maximum Gasteiger partial charge on any atom is 0.281 e. The van der Waals surface area contributed by atoms with Crippen LogP contribution in [-0.4, -0.2) is 16.0 Å². The van der Waals surface area contributed by atoms with Crippen LogP contribution in [0.1, 0.15) is 26.5 Å². The molecule has 0 unspecified atom stereocenters. The first-order valence-corrected chi connectivity index (χ1v) is 9.18.